The summed E-state index contributed by atoms with van der Waals surface area (Å²) in [6.45, 7) is 7.65. The Morgan fingerprint density at radius 1 is 1.29 bits per heavy atom. The predicted molar refractivity (Wildman–Crippen MR) is 92.3 cm³/mol. The Labute approximate surface area is 136 Å². The fourth-order valence-electron chi connectivity index (χ4n) is 3.11. The van der Waals surface area contributed by atoms with E-state index in [0.29, 0.717) is 11.0 Å². The molecule has 0 amide bonds. The van der Waals surface area contributed by atoms with E-state index in [9.17, 15) is 0 Å². The molecule has 0 spiro atoms. The average Bonchev–Trinajstić information content (AvgIpc) is 2.98. The summed E-state index contributed by atoms with van der Waals surface area (Å²) in [7, 11) is 0. The zero-order chi connectivity index (χ0) is 14.1. The maximum absolute atomic E-state index is 5.69. The molecule has 1 saturated heterocycles. The first-order chi connectivity index (χ1) is 9.60. The van der Waals surface area contributed by atoms with Crippen LogP contribution in [0.3, 0.4) is 0 Å². The molecule has 2 heterocycles. The first-order valence-corrected chi connectivity index (χ1v) is 7.92. The van der Waals surface area contributed by atoms with E-state index >= 15 is 0 Å². The number of likely N-dealkylation sites (tertiary alicyclic amines) is 1. The van der Waals surface area contributed by atoms with Crippen molar-refractivity contribution in [1.82, 2.24) is 9.88 Å². The number of thiazole rings is 1. The van der Waals surface area contributed by atoms with Gasteiger partial charge in [0.25, 0.3) is 0 Å². The van der Waals surface area contributed by atoms with Gasteiger partial charge in [0.15, 0.2) is 5.13 Å². The Balaban J connectivity index is 0.00000161. The highest BCUT2D eigenvalue weighted by molar-refractivity contribution is 7.15. The van der Waals surface area contributed by atoms with E-state index in [2.05, 4.69) is 41.9 Å². The lowest BCUT2D eigenvalue weighted by molar-refractivity contribution is 0.329. The molecular weight excluding hydrogens is 302 g/mol. The van der Waals surface area contributed by atoms with Gasteiger partial charge in [0.1, 0.15) is 0 Å². The molecule has 0 radical (unpaired) electrons. The van der Waals surface area contributed by atoms with Gasteiger partial charge >= 0.3 is 0 Å². The number of aromatic nitrogens is 1. The molecule has 1 aromatic carbocycles. The number of rotatable bonds is 3. The Morgan fingerprint density at radius 3 is 2.62 bits per heavy atom. The second-order valence-corrected chi connectivity index (χ2v) is 6.95. The standard InChI is InChI=1S/C16H21N3S.ClH/c1-11-5-12(2)7-14(6-11)13-3-4-19(9-13)10-15-8-18-16(17)20-15;/h5-8,13H,3-4,9-10H2,1-2H3,(H2,17,18);1H. The Bertz CT molecular complexity index is 591. The molecule has 2 aromatic rings. The topological polar surface area (TPSA) is 42.2 Å². The van der Waals surface area contributed by atoms with Gasteiger partial charge in [0.05, 0.1) is 0 Å². The fraction of sp³-hybridized carbons (Fsp3) is 0.438. The zero-order valence-corrected chi connectivity index (χ0v) is 14.1. The number of nitrogens with zero attached hydrogens (tertiary/aromatic N) is 2. The van der Waals surface area contributed by atoms with Crippen LogP contribution in [0, 0.1) is 13.8 Å². The van der Waals surface area contributed by atoms with Crippen molar-refractivity contribution in [3.8, 4) is 0 Å². The number of aryl methyl sites for hydroxylation is 2. The number of anilines is 1. The smallest absolute Gasteiger partial charge is 0.180 e. The molecule has 1 aromatic heterocycles. The van der Waals surface area contributed by atoms with Crippen LogP contribution >= 0.6 is 23.7 Å². The van der Waals surface area contributed by atoms with Crippen LogP contribution in [0.1, 0.15) is 33.9 Å². The van der Waals surface area contributed by atoms with Crippen molar-refractivity contribution in [2.45, 2.75) is 32.7 Å². The summed E-state index contributed by atoms with van der Waals surface area (Å²) in [6.07, 6.45) is 3.15. The number of halogens is 1. The second-order valence-electron chi connectivity index (χ2n) is 5.81. The Kier molecular flexibility index (Phi) is 5.25. The monoisotopic (exact) mass is 323 g/mol. The van der Waals surface area contributed by atoms with Crippen molar-refractivity contribution in [1.29, 1.82) is 0 Å². The highest BCUT2D eigenvalue weighted by Gasteiger charge is 2.24. The quantitative estimate of drug-likeness (QED) is 0.935. The normalized spacial score (nSPS) is 18.7. The van der Waals surface area contributed by atoms with Crippen molar-refractivity contribution in [3.63, 3.8) is 0 Å². The number of benzene rings is 1. The lowest BCUT2D eigenvalue weighted by Gasteiger charge is -2.15. The van der Waals surface area contributed by atoms with Crippen molar-refractivity contribution in [2.24, 2.45) is 0 Å². The van der Waals surface area contributed by atoms with E-state index in [1.807, 2.05) is 6.20 Å². The fourth-order valence-corrected chi connectivity index (χ4v) is 3.84. The lowest BCUT2D eigenvalue weighted by Crippen LogP contribution is -2.19. The molecule has 0 aliphatic carbocycles. The molecule has 5 heteroatoms. The Morgan fingerprint density at radius 2 is 2.00 bits per heavy atom. The highest BCUT2D eigenvalue weighted by Crippen LogP contribution is 2.30. The molecule has 1 atom stereocenters. The molecule has 21 heavy (non-hydrogen) atoms. The molecule has 3 nitrogen and oxygen atoms in total. The van der Waals surface area contributed by atoms with Crippen LogP contribution in [-0.2, 0) is 6.54 Å². The van der Waals surface area contributed by atoms with Crippen molar-refractivity contribution in [2.75, 3.05) is 18.8 Å². The van der Waals surface area contributed by atoms with Crippen molar-refractivity contribution < 1.29 is 0 Å². The Hall–Kier alpha value is -1.10. The van der Waals surface area contributed by atoms with E-state index in [1.54, 1.807) is 11.3 Å². The number of nitrogens with two attached hydrogens (primary N) is 1. The maximum Gasteiger partial charge on any atom is 0.180 e. The second kappa shape index (κ2) is 6.77. The zero-order valence-electron chi connectivity index (χ0n) is 12.5. The highest BCUT2D eigenvalue weighted by atomic mass is 35.5. The van der Waals surface area contributed by atoms with Gasteiger partial charge < -0.3 is 5.73 Å². The summed E-state index contributed by atoms with van der Waals surface area (Å²) in [5.41, 5.74) is 9.93. The van der Waals surface area contributed by atoms with Crippen LogP contribution in [0.5, 0.6) is 0 Å². The molecule has 1 aliphatic heterocycles. The van der Waals surface area contributed by atoms with Crippen LogP contribution in [0.15, 0.2) is 24.4 Å². The van der Waals surface area contributed by atoms with Gasteiger partial charge in [-0.15, -0.1) is 23.7 Å². The number of hydrogen-bond acceptors (Lipinski definition) is 4. The summed E-state index contributed by atoms with van der Waals surface area (Å²) in [4.78, 5) is 7.91. The number of nitrogen functional groups attached to an aromatic ring is 1. The van der Waals surface area contributed by atoms with Crippen LogP contribution in [-0.4, -0.2) is 23.0 Å². The van der Waals surface area contributed by atoms with Gasteiger partial charge in [-0.1, -0.05) is 29.3 Å². The number of hydrogen-bond donors (Lipinski definition) is 1. The summed E-state index contributed by atoms with van der Waals surface area (Å²) in [5, 5.41) is 0.671. The summed E-state index contributed by atoms with van der Waals surface area (Å²) in [6, 6.07) is 6.92. The van der Waals surface area contributed by atoms with E-state index in [0.717, 1.165) is 19.6 Å². The van der Waals surface area contributed by atoms with E-state index in [-0.39, 0.29) is 12.4 Å². The van der Waals surface area contributed by atoms with Gasteiger partial charge in [-0.25, -0.2) is 4.98 Å². The first-order valence-electron chi connectivity index (χ1n) is 7.11. The SMILES string of the molecule is Cc1cc(C)cc(C2CCN(Cc3cnc(N)s3)C2)c1.Cl. The van der Waals surface area contributed by atoms with Gasteiger partial charge in [-0.3, -0.25) is 4.90 Å². The maximum atomic E-state index is 5.69. The summed E-state index contributed by atoms with van der Waals surface area (Å²) >= 11 is 1.60. The van der Waals surface area contributed by atoms with Crippen LogP contribution in [0.4, 0.5) is 5.13 Å². The molecule has 1 aliphatic rings. The predicted octanol–water partition coefficient (Wildman–Crippen LogP) is 3.75. The average molecular weight is 324 g/mol. The van der Waals surface area contributed by atoms with Gasteiger partial charge in [0.2, 0.25) is 0 Å². The molecule has 1 fully saturated rings. The van der Waals surface area contributed by atoms with E-state index in [1.165, 1.54) is 28.0 Å². The minimum absolute atomic E-state index is 0. The summed E-state index contributed by atoms with van der Waals surface area (Å²) in [5.74, 6) is 0.666. The third-order valence-electron chi connectivity index (χ3n) is 3.94. The molecule has 3 rings (SSSR count). The van der Waals surface area contributed by atoms with Crippen LogP contribution in [0.25, 0.3) is 0 Å². The van der Waals surface area contributed by atoms with Gasteiger partial charge in [-0.2, -0.15) is 0 Å². The first kappa shape index (κ1) is 16.3. The molecular formula is C16H22ClN3S. The third kappa shape index (κ3) is 3.96. The van der Waals surface area contributed by atoms with Gasteiger partial charge in [-0.05, 0) is 38.3 Å². The molecule has 0 saturated carbocycles. The minimum atomic E-state index is 0. The molecule has 0 bridgehead atoms. The molecule has 2 N–H and O–H groups in total. The molecule has 114 valence electrons. The summed E-state index contributed by atoms with van der Waals surface area (Å²) < 4.78 is 0. The van der Waals surface area contributed by atoms with Crippen molar-refractivity contribution in [3.05, 3.63) is 46.0 Å². The minimum Gasteiger partial charge on any atom is -0.375 e. The van der Waals surface area contributed by atoms with Gasteiger partial charge in [0, 0.05) is 24.2 Å². The third-order valence-corrected chi connectivity index (χ3v) is 4.75. The van der Waals surface area contributed by atoms with E-state index < -0.39 is 0 Å². The van der Waals surface area contributed by atoms with E-state index in [4.69, 9.17) is 5.73 Å². The van der Waals surface area contributed by atoms with Crippen LogP contribution in [0.2, 0.25) is 0 Å². The van der Waals surface area contributed by atoms with Crippen molar-refractivity contribution >= 4 is 28.9 Å². The largest absolute Gasteiger partial charge is 0.375 e. The van der Waals surface area contributed by atoms with Crippen LogP contribution < -0.4 is 5.73 Å². The molecule has 1 unspecified atom stereocenters. The lowest BCUT2D eigenvalue weighted by atomic mass is 9.95.